The Morgan fingerprint density at radius 1 is 0.938 bits per heavy atom. The van der Waals surface area contributed by atoms with E-state index in [0.717, 1.165) is 4.57 Å². The zero-order valence-electron chi connectivity index (χ0n) is 8.57. The van der Waals surface area contributed by atoms with Crippen LogP contribution in [0.1, 0.15) is 0 Å². The molecule has 2 heterocycles. The van der Waals surface area contributed by atoms with Crippen molar-refractivity contribution in [2.24, 2.45) is 21.1 Å². The number of hydrogen-bond acceptors (Lipinski definition) is 3. The van der Waals surface area contributed by atoms with E-state index in [1.807, 2.05) is 0 Å². The van der Waals surface area contributed by atoms with Crippen molar-refractivity contribution in [2.75, 3.05) is 0 Å². The molecule has 0 unspecified atom stereocenters. The average molecular weight is 234 g/mol. The van der Waals surface area contributed by atoms with Crippen LogP contribution in [0, 0.1) is 0 Å². The predicted octanol–water partition coefficient (Wildman–Crippen LogP) is -2.38. The number of aromatic nitrogens is 4. The van der Waals surface area contributed by atoms with Crippen LogP contribution in [0.25, 0.3) is 11.2 Å². The van der Waals surface area contributed by atoms with Gasteiger partial charge in [0.2, 0.25) is 0 Å². The fourth-order valence-electron chi connectivity index (χ4n) is 1.62. The first-order valence-corrected chi connectivity index (χ1v) is 4.30. The topological polar surface area (TPSA) is 81.8 Å². The summed E-state index contributed by atoms with van der Waals surface area (Å²) in [6.07, 6.45) is 0. The molecule has 0 saturated heterocycles. The first-order chi connectivity index (χ1) is 6.95. The first-order valence-electron chi connectivity index (χ1n) is 4.30. The second-order valence-corrected chi connectivity index (χ2v) is 3.39. The van der Waals surface area contributed by atoms with Crippen LogP contribution in [-0.4, -0.2) is 48.2 Å². The van der Waals surface area contributed by atoms with Gasteiger partial charge in [0.05, 0.1) is 0 Å². The summed E-state index contributed by atoms with van der Waals surface area (Å²) < 4.78 is 3.45. The van der Waals surface area contributed by atoms with Crippen molar-refractivity contribution < 1.29 is 0 Å². The van der Waals surface area contributed by atoms with Gasteiger partial charge < -0.3 is 0 Å². The van der Waals surface area contributed by atoms with Gasteiger partial charge in [-0.3, -0.25) is 23.5 Å². The number of rotatable bonds is 0. The van der Waals surface area contributed by atoms with Gasteiger partial charge in [-0.1, -0.05) is 0 Å². The van der Waals surface area contributed by atoms with E-state index in [4.69, 9.17) is 0 Å². The second kappa shape index (κ2) is 4.08. The zero-order valence-corrected chi connectivity index (χ0v) is 8.57. The molecule has 0 aliphatic heterocycles. The molecule has 0 fully saturated rings. The molecule has 7 nitrogen and oxygen atoms in total. The van der Waals surface area contributed by atoms with E-state index in [1.165, 1.54) is 30.3 Å². The molecule has 82 valence electrons. The maximum atomic E-state index is 11.6. The fraction of sp³-hybridized carbons (Fsp3) is 0.375. The van der Waals surface area contributed by atoms with E-state index < -0.39 is 16.9 Å². The number of aryl methyl sites for hydroxylation is 2. The Morgan fingerprint density at radius 3 is 2.06 bits per heavy atom. The molecule has 2 aromatic heterocycles. The summed E-state index contributed by atoms with van der Waals surface area (Å²) in [5, 5.41) is 0. The zero-order chi connectivity index (χ0) is 11.3. The van der Waals surface area contributed by atoms with Crippen LogP contribution < -0.4 is 16.9 Å². The molecule has 0 amide bonds. The van der Waals surface area contributed by atoms with Crippen molar-refractivity contribution in [3.05, 3.63) is 31.3 Å². The molecule has 0 saturated carbocycles. The molecular formula is C8H11N4NaO3. The summed E-state index contributed by atoms with van der Waals surface area (Å²) >= 11 is 0. The number of nitrogens with one attached hydrogen (secondary N) is 1. The maximum absolute atomic E-state index is 11.6. The number of nitrogens with zero attached hydrogens (tertiary/aromatic N) is 3. The minimum absolute atomic E-state index is 0. The molecule has 0 aliphatic rings. The Kier molecular flexibility index (Phi) is 3.32. The Bertz CT molecular complexity index is 718. The Morgan fingerprint density at radius 2 is 1.50 bits per heavy atom. The van der Waals surface area contributed by atoms with E-state index in [-0.39, 0.29) is 35.1 Å². The molecule has 8 heteroatoms. The van der Waals surface area contributed by atoms with E-state index >= 15 is 0 Å². The van der Waals surface area contributed by atoms with Crippen LogP contribution in [0.2, 0.25) is 0 Å². The van der Waals surface area contributed by atoms with Gasteiger partial charge in [-0.15, -0.1) is 0 Å². The SMILES string of the molecule is Cn1c(=O)c2[nH]c(=O)n(C)c2n(C)c1=O.[NaH]. The summed E-state index contributed by atoms with van der Waals surface area (Å²) in [6, 6.07) is 0. The van der Waals surface area contributed by atoms with Crippen molar-refractivity contribution in [1.82, 2.24) is 18.7 Å². The third kappa shape index (κ3) is 1.51. The van der Waals surface area contributed by atoms with Crippen LogP contribution in [0.15, 0.2) is 14.4 Å². The van der Waals surface area contributed by atoms with Crippen LogP contribution in [-0.2, 0) is 21.1 Å². The normalized spacial score (nSPS) is 10.4. The molecular weight excluding hydrogens is 223 g/mol. The van der Waals surface area contributed by atoms with Crippen LogP contribution in [0.3, 0.4) is 0 Å². The van der Waals surface area contributed by atoms with Crippen molar-refractivity contribution in [3.63, 3.8) is 0 Å². The standard InChI is InChI=1S/C8H10N4O3.Na.H/c1-10-5-4(9-7(10)14)6(13)12(3)8(15)11(5)2;;/h1-3H3,(H,9,14);;. The summed E-state index contributed by atoms with van der Waals surface area (Å²) in [5.41, 5.74) is -0.920. The number of imidazole rings is 1. The van der Waals surface area contributed by atoms with E-state index in [1.54, 1.807) is 0 Å². The van der Waals surface area contributed by atoms with Crippen molar-refractivity contribution in [1.29, 1.82) is 0 Å². The number of hydrogen-bond donors (Lipinski definition) is 1. The van der Waals surface area contributed by atoms with Crippen LogP contribution in [0.5, 0.6) is 0 Å². The van der Waals surface area contributed by atoms with Gasteiger partial charge in [0.15, 0.2) is 5.52 Å². The second-order valence-electron chi connectivity index (χ2n) is 3.39. The van der Waals surface area contributed by atoms with Gasteiger partial charge in [0, 0.05) is 21.1 Å². The monoisotopic (exact) mass is 234 g/mol. The fourth-order valence-corrected chi connectivity index (χ4v) is 1.62. The number of H-pyrrole nitrogens is 1. The van der Waals surface area contributed by atoms with Crippen molar-refractivity contribution >= 4 is 40.7 Å². The van der Waals surface area contributed by atoms with Gasteiger partial charge in [-0.2, -0.15) is 0 Å². The average Bonchev–Trinajstić information content (AvgIpc) is 2.50. The predicted molar refractivity (Wildman–Crippen MR) is 61.2 cm³/mol. The van der Waals surface area contributed by atoms with E-state index in [2.05, 4.69) is 4.98 Å². The number of aromatic amines is 1. The molecule has 1 N–H and O–H groups in total. The quantitative estimate of drug-likeness (QED) is 0.517. The summed E-state index contributed by atoms with van der Waals surface area (Å²) in [7, 11) is 4.38. The molecule has 0 aromatic carbocycles. The van der Waals surface area contributed by atoms with E-state index in [9.17, 15) is 14.4 Å². The molecule has 2 aromatic rings. The molecule has 0 bridgehead atoms. The van der Waals surface area contributed by atoms with E-state index in [0.29, 0.717) is 5.65 Å². The van der Waals surface area contributed by atoms with Gasteiger partial charge in [0.1, 0.15) is 5.65 Å². The number of fused-ring (bicyclic) bond motifs is 1. The molecule has 16 heavy (non-hydrogen) atoms. The van der Waals surface area contributed by atoms with Gasteiger partial charge >= 0.3 is 40.9 Å². The molecule has 0 radical (unpaired) electrons. The molecule has 2 rings (SSSR count). The third-order valence-electron chi connectivity index (χ3n) is 2.49. The van der Waals surface area contributed by atoms with Crippen LogP contribution in [0.4, 0.5) is 0 Å². The Hall–Kier alpha value is -1.05. The van der Waals surface area contributed by atoms with Crippen molar-refractivity contribution in [2.45, 2.75) is 0 Å². The van der Waals surface area contributed by atoms with Gasteiger partial charge in [-0.05, 0) is 0 Å². The summed E-state index contributed by atoms with van der Waals surface area (Å²) in [6.45, 7) is 0. The van der Waals surface area contributed by atoms with Crippen molar-refractivity contribution in [3.8, 4) is 0 Å². The summed E-state index contributed by atoms with van der Waals surface area (Å²) in [4.78, 5) is 36.9. The third-order valence-corrected chi connectivity index (χ3v) is 2.49. The molecule has 0 spiro atoms. The molecule has 0 aliphatic carbocycles. The van der Waals surface area contributed by atoms with Crippen LogP contribution >= 0.6 is 0 Å². The van der Waals surface area contributed by atoms with Gasteiger partial charge in [0.25, 0.3) is 5.56 Å². The Labute approximate surface area is 112 Å². The summed E-state index contributed by atoms with van der Waals surface area (Å²) in [5.74, 6) is 0. The first kappa shape index (κ1) is 13.0. The Balaban J connectivity index is 0.00000128. The van der Waals surface area contributed by atoms with Gasteiger partial charge in [-0.25, -0.2) is 9.59 Å². The minimum atomic E-state index is -0.495. The molecule has 0 atom stereocenters.